The number of hydrogen-bond donors (Lipinski definition) is 0. The predicted octanol–water partition coefficient (Wildman–Crippen LogP) is 14.0. The zero-order chi connectivity index (χ0) is 38.1. The maximum absolute atomic E-state index is 6.52. The number of aromatic nitrogens is 2. The maximum atomic E-state index is 6.52. The first kappa shape index (κ1) is 37.8. The molecule has 57 heavy (non-hydrogen) atoms. The van der Waals surface area contributed by atoms with Crippen LogP contribution in [0.2, 0.25) is 0 Å². The summed E-state index contributed by atoms with van der Waals surface area (Å²) in [5.74, 6) is 0. The van der Waals surface area contributed by atoms with E-state index in [1.165, 1.54) is 22.3 Å². The molecule has 0 fully saturated rings. The number of pyridine rings is 2. The number of para-hydroxylation sites is 1. The van der Waals surface area contributed by atoms with Crippen molar-refractivity contribution >= 4 is 43.9 Å². The van der Waals surface area contributed by atoms with Crippen molar-refractivity contribution in [2.24, 2.45) is 0 Å². The van der Waals surface area contributed by atoms with Gasteiger partial charge in [-0.1, -0.05) is 144 Å². The van der Waals surface area contributed by atoms with Crippen LogP contribution in [-0.2, 0) is 25.5 Å². The molecule has 281 valence electrons. The molecule has 0 aliphatic rings. The van der Waals surface area contributed by atoms with Gasteiger partial charge >= 0.3 is 0 Å². The predicted molar refractivity (Wildman–Crippen MR) is 230 cm³/mol. The number of nitrogens with zero attached hydrogens (tertiary/aromatic N) is 2. The van der Waals surface area contributed by atoms with Gasteiger partial charge in [-0.15, -0.1) is 36.4 Å². The summed E-state index contributed by atoms with van der Waals surface area (Å²) in [5.41, 5.74) is 13.2. The number of furan rings is 2. The molecule has 4 aromatic heterocycles. The van der Waals surface area contributed by atoms with Crippen molar-refractivity contribution in [3.05, 3.63) is 193 Å². The molecular formula is C52H40IrN2O2-2. The van der Waals surface area contributed by atoms with Gasteiger partial charge in [-0.05, 0) is 77.7 Å². The molecule has 4 heterocycles. The number of benzene rings is 6. The largest absolute Gasteiger partial charge is 0.501 e. The summed E-state index contributed by atoms with van der Waals surface area (Å²) in [5, 5.41) is 4.43. The molecule has 6 aromatic carbocycles. The van der Waals surface area contributed by atoms with Crippen LogP contribution in [0, 0.1) is 19.1 Å². The molecule has 0 unspecified atom stereocenters. The van der Waals surface area contributed by atoms with Gasteiger partial charge in [0, 0.05) is 48.7 Å². The van der Waals surface area contributed by atoms with E-state index >= 15 is 0 Å². The smallest absolute Gasteiger partial charge is 0.121 e. The third-order valence-corrected chi connectivity index (χ3v) is 11.2. The fourth-order valence-corrected chi connectivity index (χ4v) is 8.10. The van der Waals surface area contributed by atoms with Crippen LogP contribution in [0.5, 0.6) is 0 Å². The molecule has 10 aromatic rings. The Morgan fingerprint density at radius 3 is 1.82 bits per heavy atom. The molecule has 0 spiro atoms. The number of aryl methyl sites for hydroxylation is 1. The van der Waals surface area contributed by atoms with Gasteiger partial charge in [-0.3, -0.25) is 0 Å². The molecule has 5 heteroatoms. The van der Waals surface area contributed by atoms with Crippen molar-refractivity contribution in [3.63, 3.8) is 0 Å². The zero-order valence-electron chi connectivity index (χ0n) is 32.0. The van der Waals surface area contributed by atoms with Crippen molar-refractivity contribution in [2.45, 2.75) is 39.0 Å². The average Bonchev–Trinajstić information content (AvgIpc) is 3.84. The van der Waals surface area contributed by atoms with Crippen LogP contribution in [-0.4, -0.2) is 9.97 Å². The first-order valence-corrected chi connectivity index (χ1v) is 19.3. The van der Waals surface area contributed by atoms with Crippen LogP contribution in [0.4, 0.5) is 0 Å². The molecule has 0 bridgehead atoms. The van der Waals surface area contributed by atoms with Gasteiger partial charge < -0.3 is 18.8 Å². The Balaban J connectivity index is 0.000000191. The Morgan fingerprint density at radius 1 is 0.509 bits per heavy atom. The summed E-state index contributed by atoms with van der Waals surface area (Å²) in [6.07, 6.45) is 5.73. The minimum absolute atomic E-state index is 0. The Labute approximate surface area is 346 Å². The van der Waals surface area contributed by atoms with Crippen molar-refractivity contribution in [1.29, 1.82) is 0 Å². The minimum atomic E-state index is -0.0658. The van der Waals surface area contributed by atoms with Gasteiger partial charge in [-0.25, -0.2) is 0 Å². The molecule has 0 amide bonds. The van der Waals surface area contributed by atoms with Crippen LogP contribution in [0.1, 0.15) is 43.4 Å². The third kappa shape index (κ3) is 6.99. The number of fused-ring (bicyclic) bond motifs is 6. The second-order valence-electron chi connectivity index (χ2n) is 14.3. The van der Waals surface area contributed by atoms with Gasteiger partial charge in [0.1, 0.15) is 11.2 Å². The topological polar surface area (TPSA) is 52.1 Å². The molecule has 0 aliphatic heterocycles. The monoisotopic (exact) mass is 917 g/mol. The van der Waals surface area contributed by atoms with E-state index in [-0.39, 0.29) is 25.5 Å². The third-order valence-electron chi connectivity index (χ3n) is 11.2. The Hall–Kier alpha value is -6.13. The van der Waals surface area contributed by atoms with Crippen molar-refractivity contribution in [2.75, 3.05) is 0 Å². The summed E-state index contributed by atoms with van der Waals surface area (Å²) in [4.78, 5) is 9.17. The first-order valence-electron chi connectivity index (χ1n) is 19.3. The van der Waals surface area contributed by atoms with E-state index in [1.54, 1.807) is 6.20 Å². The number of rotatable bonds is 7. The van der Waals surface area contributed by atoms with Gasteiger partial charge in [0.15, 0.2) is 0 Å². The van der Waals surface area contributed by atoms with Gasteiger partial charge in [-0.2, -0.15) is 0 Å². The second kappa shape index (κ2) is 16.2. The fraction of sp³-hybridized carbons (Fsp3) is 0.115. The van der Waals surface area contributed by atoms with Crippen LogP contribution < -0.4 is 0 Å². The molecule has 1 radical (unpaired) electrons. The van der Waals surface area contributed by atoms with Crippen molar-refractivity contribution in [3.8, 4) is 33.6 Å². The maximum Gasteiger partial charge on any atom is 0.121 e. The van der Waals surface area contributed by atoms with Crippen molar-refractivity contribution in [1.82, 2.24) is 9.97 Å². The van der Waals surface area contributed by atoms with E-state index in [0.29, 0.717) is 0 Å². The molecule has 0 saturated heterocycles. The molecule has 4 nitrogen and oxygen atoms in total. The van der Waals surface area contributed by atoms with E-state index in [2.05, 4.69) is 135 Å². The van der Waals surface area contributed by atoms with Crippen LogP contribution in [0.15, 0.2) is 173 Å². The Bertz CT molecular complexity index is 2950. The molecule has 0 N–H and O–H groups in total. The summed E-state index contributed by atoms with van der Waals surface area (Å²) in [6.45, 7) is 6.65. The van der Waals surface area contributed by atoms with E-state index in [4.69, 9.17) is 13.8 Å². The Morgan fingerprint density at radius 2 is 1.12 bits per heavy atom. The van der Waals surface area contributed by atoms with Gasteiger partial charge in [0.2, 0.25) is 0 Å². The quantitative estimate of drug-likeness (QED) is 0.150. The normalized spacial score (nSPS) is 11.4. The first-order chi connectivity index (χ1) is 27.6. The summed E-state index contributed by atoms with van der Waals surface area (Å²) < 4.78 is 12.5. The zero-order valence-corrected chi connectivity index (χ0v) is 34.4. The molecule has 0 saturated carbocycles. The van der Waals surface area contributed by atoms with Crippen LogP contribution >= 0.6 is 0 Å². The molecule has 0 aliphatic carbocycles. The molecular weight excluding hydrogens is 877 g/mol. The summed E-state index contributed by atoms with van der Waals surface area (Å²) >= 11 is 0. The number of hydrogen-bond acceptors (Lipinski definition) is 4. The average molecular weight is 917 g/mol. The SMILES string of the molecule is CCC(CC)(c1ccccc1)c1ccnc(-c2[c-]ccc3c2oc2cc(-c4ccc(C)cc4)ccc23)c1.[Ir].[c-]1ccc2c(oc3ccccc32)c1-c1ccccn1. The summed E-state index contributed by atoms with van der Waals surface area (Å²) in [6, 6.07) is 58.9. The van der Waals surface area contributed by atoms with E-state index < -0.39 is 0 Å². The minimum Gasteiger partial charge on any atom is -0.501 e. The van der Waals surface area contributed by atoms with Crippen LogP contribution in [0.3, 0.4) is 0 Å². The standard InChI is InChI=1S/C35H30NO.C17H10NO.Ir/c1-4-35(5-2,27-10-7-6-8-11-27)28-20-21-36-32(23-28)31-13-9-12-30-29-19-18-26(22-33(29)37-34(30)31)25-16-14-24(3)15-17-25;1-2-10-16-12(6-1)13-7-5-8-14(17(13)19-16)15-9-3-4-11-18-15;/h6-12,14-23H,4-5H2,1-3H3;1-7,9-11H;/q2*-1;. The molecule has 10 rings (SSSR count). The van der Waals surface area contributed by atoms with E-state index in [9.17, 15) is 0 Å². The van der Waals surface area contributed by atoms with E-state index in [1.807, 2.05) is 60.8 Å². The second-order valence-corrected chi connectivity index (χ2v) is 14.3. The van der Waals surface area contributed by atoms with Crippen molar-refractivity contribution < 1.29 is 28.9 Å². The van der Waals surface area contributed by atoms with E-state index in [0.717, 1.165) is 84.8 Å². The van der Waals surface area contributed by atoms with Gasteiger partial charge in [0.05, 0.1) is 11.2 Å². The van der Waals surface area contributed by atoms with Crippen LogP contribution in [0.25, 0.3) is 77.5 Å². The Kier molecular flexibility index (Phi) is 10.7. The molecule has 0 atom stereocenters. The summed E-state index contributed by atoms with van der Waals surface area (Å²) in [7, 11) is 0. The van der Waals surface area contributed by atoms with Gasteiger partial charge in [0.25, 0.3) is 0 Å². The fourth-order valence-electron chi connectivity index (χ4n) is 8.10.